The normalized spacial score (nSPS) is 11.1. The molecular formula is C22H22O3P+. The average molecular weight is 365 g/mol. The van der Waals surface area contributed by atoms with Crippen LogP contribution in [0.2, 0.25) is 0 Å². The van der Waals surface area contributed by atoms with Gasteiger partial charge in [-0.3, -0.25) is 0 Å². The molecule has 0 N–H and O–H groups in total. The van der Waals surface area contributed by atoms with Gasteiger partial charge in [0.25, 0.3) is 0 Å². The highest BCUT2D eigenvalue weighted by atomic mass is 31.1. The Bertz CT molecular complexity index is 879. The molecule has 3 aromatic rings. The molecule has 0 aromatic heterocycles. The SMILES string of the molecule is Cc1ccc(Cc2ccc(O[P+](=O)Oc3c(C)cccc3C)cc2)cc1. The molecule has 3 aromatic carbocycles. The smallest absolute Gasteiger partial charge is 0.222 e. The van der Waals surface area contributed by atoms with Gasteiger partial charge in [0, 0.05) is 4.57 Å². The molecule has 0 spiro atoms. The molecule has 0 saturated carbocycles. The van der Waals surface area contributed by atoms with Gasteiger partial charge in [-0.05, 0) is 61.6 Å². The van der Waals surface area contributed by atoms with E-state index in [0.717, 1.165) is 17.5 Å². The highest BCUT2D eigenvalue weighted by Crippen LogP contribution is 2.34. The maximum Gasteiger partial charge on any atom is 0.805 e. The zero-order valence-electron chi connectivity index (χ0n) is 15.2. The third-order valence-electron chi connectivity index (χ3n) is 4.21. The molecule has 1 atom stereocenters. The van der Waals surface area contributed by atoms with Crippen LogP contribution in [0.3, 0.4) is 0 Å². The van der Waals surface area contributed by atoms with E-state index in [9.17, 15) is 4.57 Å². The van der Waals surface area contributed by atoms with Crippen molar-refractivity contribution in [3.8, 4) is 11.5 Å². The Morgan fingerprint density at radius 1 is 0.731 bits per heavy atom. The van der Waals surface area contributed by atoms with Crippen LogP contribution in [0.5, 0.6) is 11.5 Å². The Kier molecular flexibility index (Phi) is 5.70. The standard InChI is InChI=1S/C22H22O3P/c1-16-7-9-19(10-8-16)15-20-11-13-21(14-12-20)24-26(23)25-22-17(2)5-4-6-18(22)3/h4-14H,15H2,1-3H3/q+1. The van der Waals surface area contributed by atoms with Crippen LogP contribution in [0, 0.1) is 20.8 Å². The van der Waals surface area contributed by atoms with Gasteiger partial charge >= 0.3 is 8.25 Å². The number of rotatable bonds is 6. The van der Waals surface area contributed by atoms with E-state index in [1.54, 1.807) is 0 Å². The van der Waals surface area contributed by atoms with Crippen molar-refractivity contribution in [2.24, 2.45) is 0 Å². The maximum atomic E-state index is 12.2. The lowest BCUT2D eigenvalue weighted by atomic mass is 10.0. The minimum absolute atomic E-state index is 0.532. The summed E-state index contributed by atoms with van der Waals surface area (Å²) in [7, 11) is -2.28. The minimum atomic E-state index is -2.28. The van der Waals surface area contributed by atoms with Crippen LogP contribution in [-0.4, -0.2) is 0 Å². The van der Waals surface area contributed by atoms with Crippen LogP contribution in [0.25, 0.3) is 0 Å². The molecule has 0 radical (unpaired) electrons. The monoisotopic (exact) mass is 365 g/mol. The van der Waals surface area contributed by atoms with Gasteiger partial charge in [0.1, 0.15) is 0 Å². The Hall–Kier alpha value is -2.64. The predicted octanol–water partition coefficient (Wildman–Crippen LogP) is 6.32. The zero-order valence-corrected chi connectivity index (χ0v) is 16.1. The number of aryl methyl sites for hydroxylation is 3. The van der Waals surface area contributed by atoms with Crippen LogP contribution in [0.4, 0.5) is 0 Å². The van der Waals surface area contributed by atoms with Crippen molar-refractivity contribution in [1.82, 2.24) is 0 Å². The van der Waals surface area contributed by atoms with Gasteiger partial charge < -0.3 is 0 Å². The lowest BCUT2D eigenvalue weighted by Gasteiger charge is -2.04. The summed E-state index contributed by atoms with van der Waals surface area (Å²) in [5.41, 5.74) is 5.56. The molecule has 0 bridgehead atoms. The summed E-state index contributed by atoms with van der Waals surface area (Å²) in [4.78, 5) is 0. The van der Waals surface area contributed by atoms with Gasteiger partial charge in [0.2, 0.25) is 0 Å². The average Bonchev–Trinajstić information content (AvgIpc) is 2.62. The van der Waals surface area contributed by atoms with E-state index >= 15 is 0 Å². The third-order valence-corrected chi connectivity index (χ3v) is 4.90. The minimum Gasteiger partial charge on any atom is -0.222 e. The largest absolute Gasteiger partial charge is 0.805 e. The molecule has 132 valence electrons. The van der Waals surface area contributed by atoms with Crippen molar-refractivity contribution in [3.05, 3.63) is 94.5 Å². The predicted molar refractivity (Wildman–Crippen MR) is 105 cm³/mol. The fraction of sp³-hybridized carbons (Fsp3) is 0.182. The second-order valence-corrected chi connectivity index (χ2v) is 7.25. The number of para-hydroxylation sites is 1. The number of hydrogen-bond acceptors (Lipinski definition) is 3. The van der Waals surface area contributed by atoms with E-state index < -0.39 is 8.25 Å². The third kappa shape index (κ3) is 4.71. The van der Waals surface area contributed by atoms with Gasteiger partial charge in [-0.1, -0.05) is 60.2 Å². The Morgan fingerprint density at radius 3 is 1.85 bits per heavy atom. The first kappa shape index (κ1) is 18.2. The number of hydrogen-bond donors (Lipinski definition) is 0. The van der Waals surface area contributed by atoms with Gasteiger partial charge in [0.15, 0.2) is 11.5 Å². The summed E-state index contributed by atoms with van der Waals surface area (Å²) in [5.74, 6) is 1.15. The first-order valence-electron chi connectivity index (χ1n) is 8.55. The Labute approximate surface area is 155 Å². The van der Waals surface area contributed by atoms with E-state index in [1.165, 1.54) is 16.7 Å². The van der Waals surface area contributed by atoms with Gasteiger partial charge in [-0.2, -0.15) is 0 Å². The highest BCUT2D eigenvalue weighted by Gasteiger charge is 2.26. The second-order valence-electron chi connectivity index (χ2n) is 6.43. The topological polar surface area (TPSA) is 35.5 Å². The summed E-state index contributed by atoms with van der Waals surface area (Å²) in [5, 5.41) is 0. The molecular weight excluding hydrogens is 343 g/mol. The van der Waals surface area contributed by atoms with Crippen molar-refractivity contribution < 1.29 is 13.6 Å². The van der Waals surface area contributed by atoms with Crippen molar-refractivity contribution >= 4 is 8.25 Å². The van der Waals surface area contributed by atoms with E-state index in [1.807, 2.05) is 56.3 Å². The first-order chi connectivity index (χ1) is 12.5. The molecule has 1 unspecified atom stereocenters. The van der Waals surface area contributed by atoms with Crippen molar-refractivity contribution in [1.29, 1.82) is 0 Å². The van der Waals surface area contributed by atoms with Crippen molar-refractivity contribution in [3.63, 3.8) is 0 Å². The van der Waals surface area contributed by atoms with Gasteiger partial charge in [-0.15, -0.1) is 0 Å². The molecule has 0 aliphatic heterocycles. The lowest BCUT2D eigenvalue weighted by Crippen LogP contribution is -1.94. The molecule has 4 heteroatoms. The van der Waals surface area contributed by atoms with Crippen LogP contribution in [0.1, 0.15) is 27.8 Å². The number of benzene rings is 3. The van der Waals surface area contributed by atoms with Crippen LogP contribution in [0.15, 0.2) is 66.7 Å². The van der Waals surface area contributed by atoms with E-state index in [4.69, 9.17) is 9.05 Å². The molecule has 0 fully saturated rings. The van der Waals surface area contributed by atoms with E-state index in [2.05, 4.69) is 31.2 Å². The van der Waals surface area contributed by atoms with Crippen molar-refractivity contribution in [2.75, 3.05) is 0 Å². The second kappa shape index (κ2) is 8.16. The molecule has 0 saturated heterocycles. The van der Waals surface area contributed by atoms with Gasteiger partial charge in [0.05, 0.1) is 0 Å². The summed E-state index contributed by atoms with van der Waals surface area (Å²) in [6, 6.07) is 21.9. The summed E-state index contributed by atoms with van der Waals surface area (Å²) in [6.45, 7) is 5.92. The summed E-state index contributed by atoms with van der Waals surface area (Å²) in [6.07, 6.45) is 0.853. The van der Waals surface area contributed by atoms with Crippen LogP contribution in [-0.2, 0) is 11.0 Å². The molecule has 26 heavy (non-hydrogen) atoms. The van der Waals surface area contributed by atoms with E-state index in [0.29, 0.717) is 11.5 Å². The Balaban J connectivity index is 1.62. The highest BCUT2D eigenvalue weighted by molar-refractivity contribution is 7.34. The lowest BCUT2D eigenvalue weighted by molar-refractivity contribution is 0.413. The summed E-state index contributed by atoms with van der Waals surface area (Å²) < 4.78 is 23.1. The fourth-order valence-electron chi connectivity index (χ4n) is 2.73. The van der Waals surface area contributed by atoms with Crippen molar-refractivity contribution in [2.45, 2.75) is 27.2 Å². The fourth-order valence-corrected chi connectivity index (χ4v) is 3.50. The van der Waals surface area contributed by atoms with Gasteiger partial charge in [-0.25, -0.2) is 9.05 Å². The van der Waals surface area contributed by atoms with Crippen LogP contribution >= 0.6 is 8.25 Å². The maximum absolute atomic E-state index is 12.2. The molecule has 0 heterocycles. The molecule has 0 aliphatic rings. The quantitative estimate of drug-likeness (QED) is 0.480. The molecule has 3 nitrogen and oxygen atoms in total. The zero-order chi connectivity index (χ0) is 18.5. The first-order valence-corrected chi connectivity index (χ1v) is 9.65. The Morgan fingerprint density at radius 2 is 1.27 bits per heavy atom. The van der Waals surface area contributed by atoms with Crippen LogP contribution < -0.4 is 9.05 Å². The van der Waals surface area contributed by atoms with E-state index in [-0.39, 0.29) is 0 Å². The molecule has 0 amide bonds. The summed E-state index contributed by atoms with van der Waals surface area (Å²) >= 11 is 0. The molecule has 3 rings (SSSR count). The molecule has 0 aliphatic carbocycles.